The Labute approximate surface area is 112 Å². The van der Waals surface area contributed by atoms with Crippen molar-refractivity contribution in [2.45, 2.75) is 19.9 Å². The Balaban J connectivity index is 2.84. The number of methoxy groups -OCH3 is 1. The SMILES string of the molecule is COCC(Nc1ccc(C(=O)O)c(Cl)c1)C(C)C. The fourth-order valence-corrected chi connectivity index (χ4v) is 1.83. The van der Waals surface area contributed by atoms with Gasteiger partial charge in [-0.25, -0.2) is 4.79 Å². The molecule has 100 valence electrons. The van der Waals surface area contributed by atoms with Crippen LogP contribution < -0.4 is 5.32 Å². The number of hydrogen-bond acceptors (Lipinski definition) is 3. The van der Waals surface area contributed by atoms with Gasteiger partial charge in [0.25, 0.3) is 0 Å². The van der Waals surface area contributed by atoms with Crippen LogP contribution in [0.3, 0.4) is 0 Å². The lowest BCUT2D eigenvalue weighted by Crippen LogP contribution is -2.30. The van der Waals surface area contributed by atoms with Gasteiger partial charge in [0.15, 0.2) is 0 Å². The van der Waals surface area contributed by atoms with Crippen LogP contribution in [0.4, 0.5) is 5.69 Å². The van der Waals surface area contributed by atoms with Crippen LogP contribution in [0.15, 0.2) is 18.2 Å². The van der Waals surface area contributed by atoms with Gasteiger partial charge in [-0.05, 0) is 24.1 Å². The third-order valence-electron chi connectivity index (χ3n) is 2.70. The second kappa shape index (κ2) is 6.61. The van der Waals surface area contributed by atoms with Crippen molar-refractivity contribution in [2.75, 3.05) is 19.0 Å². The number of nitrogens with one attached hydrogen (secondary N) is 1. The Morgan fingerprint density at radius 2 is 2.17 bits per heavy atom. The molecule has 0 saturated carbocycles. The minimum absolute atomic E-state index is 0.107. The predicted molar refractivity (Wildman–Crippen MR) is 72.5 cm³/mol. The van der Waals surface area contributed by atoms with E-state index in [1.807, 2.05) is 0 Å². The first-order valence-corrected chi connectivity index (χ1v) is 6.11. The fraction of sp³-hybridized carbons (Fsp3) is 0.462. The maximum atomic E-state index is 10.8. The lowest BCUT2D eigenvalue weighted by Gasteiger charge is -2.23. The molecule has 1 aromatic carbocycles. The summed E-state index contributed by atoms with van der Waals surface area (Å²) in [5.41, 5.74) is 0.899. The highest BCUT2D eigenvalue weighted by molar-refractivity contribution is 6.33. The number of hydrogen-bond donors (Lipinski definition) is 2. The molecule has 1 aromatic rings. The number of benzene rings is 1. The molecule has 0 aliphatic rings. The lowest BCUT2D eigenvalue weighted by atomic mass is 10.0. The maximum absolute atomic E-state index is 10.8. The van der Waals surface area contributed by atoms with Crippen LogP contribution in [0.25, 0.3) is 0 Å². The highest BCUT2D eigenvalue weighted by Gasteiger charge is 2.14. The second-order valence-corrected chi connectivity index (χ2v) is 4.86. The Morgan fingerprint density at radius 3 is 2.61 bits per heavy atom. The summed E-state index contributed by atoms with van der Waals surface area (Å²) in [6.07, 6.45) is 0. The summed E-state index contributed by atoms with van der Waals surface area (Å²) in [6.45, 7) is 4.75. The summed E-state index contributed by atoms with van der Waals surface area (Å²) < 4.78 is 5.14. The average Bonchev–Trinajstić information content (AvgIpc) is 2.27. The first-order chi connectivity index (χ1) is 8.45. The van der Waals surface area contributed by atoms with Crippen molar-refractivity contribution in [1.29, 1.82) is 0 Å². The zero-order valence-corrected chi connectivity index (χ0v) is 11.5. The number of aromatic carboxylic acids is 1. The Hall–Kier alpha value is -1.26. The van der Waals surface area contributed by atoms with E-state index in [-0.39, 0.29) is 16.6 Å². The highest BCUT2D eigenvalue weighted by Crippen LogP contribution is 2.22. The molecule has 0 radical (unpaired) electrons. The quantitative estimate of drug-likeness (QED) is 0.835. The summed E-state index contributed by atoms with van der Waals surface area (Å²) in [6, 6.07) is 4.98. The molecule has 1 atom stereocenters. The van der Waals surface area contributed by atoms with Gasteiger partial charge in [-0.1, -0.05) is 25.4 Å². The normalized spacial score (nSPS) is 12.5. The zero-order chi connectivity index (χ0) is 13.7. The third kappa shape index (κ3) is 3.89. The average molecular weight is 272 g/mol. The summed E-state index contributed by atoms with van der Waals surface area (Å²) in [5, 5.41) is 12.4. The van der Waals surface area contributed by atoms with E-state index < -0.39 is 5.97 Å². The van der Waals surface area contributed by atoms with Crippen molar-refractivity contribution in [3.63, 3.8) is 0 Å². The molecule has 0 spiro atoms. The molecule has 0 bridgehead atoms. The monoisotopic (exact) mass is 271 g/mol. The molecule has 1 unspecified atom stereocenters. The Kier molecular flexibility index (Phi) is 5.44. The van der Waals surface area contributed by atoms with Gasteiger partial charge in [0.05, 0.1) is 23.2 Å². The number of halogens is 1. The minimum atomic E-state index is -1.02. The van der Waals surface area contributed by atoms with Crippen molar-refractivity contribution in [3.05, 3.63) is 28.8 Å². The molecule has 0 amide bonds. The van der Waals surface area contributed by atoms with Crippen molar-refractivity contribution in [1.82, 2.24) is 0 Å². The molecular formula is C13H18ClNO3. The summed E-state index contributed by atoms with van der Waals surface area (Å²) in [5.74, 6) is -0.633. The second-order valence-electron chi connectivity index (χ2n) is 4.45. The number of rotatable bonds is 6. The number of ether oxygens (including phenoxy) is 1. The molecule has 0 aliphatic carbocycles. The van der Waals surface area contributed by atoms with Gasteiger partial charge < -0.3 is 15.2 Å². The van der Waals surface area contributed by atoms with Crippen LogP contribution in [0.2, 0.25) is 5.02 Å². The summed E-state index contributed by atoms with van der Waals surface area (Å²) >= 11 is 5.91. The van der Waals surface area contributed by atoms with Crippen LogP contribution in [0, 0.1) is 5.92 Å². The van der Waals surface area contributed by atoms with Gasteiger partial charge in [0, 0.05) is 12.8 Å². The summed E-state index contributed by atoms with van der Waals surface area (Å²) in [7, 11) is 1.65. The van der Waals surface area contributed by atoms with E-state index in [0.717, 1.165) is 5.69 Å². The minimum Gasteiger partial charge on any atom is -0.478 e. The van der Waals surface area contributed by atoms with E-state index in [9.17, 15) is 4.79 Å². The van der Waals surface area contributed by atoms with E-state index in [1.54, 1.807) is 19.2 Å². The van der Waals surface area contributed by atoms with E-state index in [0.29, 0.717) is 12.5 Å². The van der Waals surface area contributed by atoms with Crippen LogP contribution in [-0.2, 0) is 4.74 Å². The molecule has 0 aromatic heterocycles. The van der Waals surface area contributed by atoms with Gasteiger partial charge in [0.1, 0.15) is 0 Å². The van der Waals surface area contributed by atoms with Crippen LogP contribution in [0.5, 0.6) is 0 Å². The fourth-order valence-electron chi connectivity index (χ4n) is 1.57. The Bertz CT molecular complexity index is 421. The van der Waals surface area contributed by atoms with Crippen molar-refractivity contribution in [3.8, 4) is 0 Å². The molecule has 0 heterocycles. The molecule has 0 aliphatic heterocycles. The number of carboxylic acid groups (broad SMARTS) is 1. The van der Waals surface area contributed by atoms with E-state index >= 15 is 0 Å². The molecule has 18 heavy (non-hydrogen) atoms. The maximum Gasteiger partial charge on any atom is 0.337 e. The number of carbonyl (C=O) groups is 1. The summed E-state index contributed by atoms with van der Waals surface area (Å²) in [4.78, 5) is 10.8. The van der Waals surface area contributed by atoms with Gasteiger partial charge in [-0.2, -0.15) is 0 Å². The lowest BCUT2D eigenvalue weighted by molar-refractivity contribution is 0.0697. The molecule has 1 rings (SSSR count). The van der Waals surface area contributed by atoms with E-state index in [2.05, 4.69) is 19.2 Å². The standard InChI is InChI=1S/C13H18ClNO3/c1-8(2)12(7-18-3)15-9-4-5-10(13(16)17)11(14)6-9/h4-6,8,12,15H,7H2,1-3H3,(H,16,17). The molecule has 4 nitrogen and oxygen atoms in total. The van der Waals surface area contributed by atoms with E-state index in [1.165, 1.54) is 6.07 Å². The van der Waals surface area contributed by atoms with Crippen molar-refractivity contribution >= 4 is 23.3 Å². The third-order valence-corrected chi connectivity index (χ3v) is 3.02. The smallest absolute Gasteiger partial charge is 0.337 e. The van der Waals surface area contributed by atoms with Crippen LogP contribution in [0.1, 0.15) is 24.2 Å². The van der Waals surface area contributed by atoms with Gasteiger partial charge >= 0.3 is 5.97 Å². The molecular weight excluding hydrogens is 254 g/mol. The van der Waals surface area contributed by atoms with Gasteiger partial charge in [0.2, 0.25) is 0 Å². The van der Waals surface area contributed by atoms with Crippen LogP contribution in [-0.4, -0.2) is 30.8 Å². The number of carboxylic acids is 1. The molecule has 0 saturated heterocycles. The topological polar surface area (TPSA) is 58.6 Å². The number of anilines is 1. The first-order valence-electron chi connectivity index (χ1n) is 5.74. The van der Waals surface area contributed by atoms with Crippen molar-refractivity contribution < 1.29 is 14.6 Å². The van der Waals surface area contributed by atoms with Gasteiger partial charge in [-0.15, -0.1) is 0 Å². The Morgan fingerprint density at radius 1 is 1.50 bits per heavy atom. The van der Waals surface area contributed by atoms with Gasteiger partial charge in [-0.3, -0.25) is 0 Å². The molecule has 5 heteroatoms. The zero-order valence-electron chi connectivity index (χ0n) is 10.7. The van der Waals surface area contributed by atoms with Crippen molar-refractivity contribution in [2.24, 2.45) is 5.92 Å². The first kappa shape index (κ1) is 14.8. The highest BCUT2D eigenvalue weighted by atomic mass is 35.5. The largest absolute Gasteiger partial charge is 0.478 e. The predicted octanol–water partition coefficient (Wildman–Crippen LogP) is 3.12. The molecule has 0 fully saturated rings. The van der Waals surface area contributed by atoms with Crippen LogP contribution >= 0.6 is 11.6 Å². The van der Waals surface area contributed by atoms with E-state index in [4.69, 9.17) is 21.4 Å². The molecule has 2 N–H and O–H groups in total.